The van der Waals surface area contributed by atoms with Gasteiger partial charge in [-0.1, -0.05) is 11.3 Å². The number of carbonyl (C=O) groups excluding carboxylic acids is 1. The standard InChI is InChI=1S/C15H18N4O3S/c1-21-10-5-6-13(22-2)11(8-10)12-4-3-7-19(12)15(20)17-14-18-16-9-23-14/h5-6,8-9,12H,3-4,7H2,1-2H3,(H,17,18,20). The molecule has 1 aromatic carbocycles. The molecule has 1 aromatic heterocycles. The molecule has 23 heavy (non-hydrogen) atoms. The summed E-state index contributed by atoms with van der Waals surface area (Å²) in [5, 5.41) is 10.9. The minimum Gasteiger partial charge on any atom is -0.497 e. The maximum absolute atomic E-state index is 12.5. The molecule has 122 valence electrons. The minimum absolute atomic E-state index is 0.0482. The molecule has 7 nitrogen and oxygen atoms in total. The summed E-state index contributed by atoms with van der Waals surface area (Å²) in [6.45, 7) is 0.690. The molecule has 8 heteroatoms. The van der Waals surface area contributed by atoms with Crippen LogP contribution in [-0.4, -0.2) is 41.9 Å². The molecule has 0 saturated carbocycles. The molecule has 0 spiro atoms. The fourth-order valence-electron chi connectivity index (χ4n) is 2.82. The van der Waals surface area contributed by atoms with Gasteiger partial charge >= 0.3 is 6.03 Å². The molecule has 1 aliphatic heterocycles. The quantitative estimate of drug-likeness (QED) is 0.930. The van der Waals surface area contributed by atoms with Gasteiger partial charge in [-0.05, 0) is 31.0 Å². The van der Waals surface area contributed by atoms with Crippen LogP contribution in [0.1, 0.15) is 24.4 Å². The third-order valence-electron chi connectivity index (χ3n) is 3.88. The van der Waals surface area contributed by atoms with E-state index >= 15 is 0 Å². The van der Waals surface area contributed by atoms with E-state index in [1.54, 1.807) is 24.6 Å². The number of nitrogens with zero attached hydrogens (tertiary/aromatic N) is 3. The highest BCUT2D eigenvalue weighted by molar-refractivity contribution is 7.13. The van der Waals surface area contributed by atoms with Crippen LogP contribution in [0.15, 0.2) is 23.7 Å². The highest BCUT2D eigenvalue weighted by Gasteiger charge is 2.32. The summed E-state index contributed by atoms with van der Waals surface area (Å²) in [5.41, 5.74) is 2.54. The summed E-state index contributed by atoms with van der Waals surface area (Å²) in [5.74, 6) is 1.50. The number of ether oxygens (including phenoxy) is 2. The highest BCUT2D eigenvalue weighted by Crippen LogP contribution is 2.39. The van der Waals surface area contributed by atoms with Crippen molar-refractivity contribution in [1.82, 2.24) is 15.1 Å². The average molecular weight is 334 g/mol. The first-order valence-electron chi connectivity index (χ1n) is 7.28. The van der Waals surface area contributed by atoms with Crippen LogP contribution in [-0.2, 0) is 0 Å². The Morgan fingerprint density at radius 3 is 2.96 bits per heavy atom. The van der Waals surface area contributed by atoms with Crippen LogP contribution in [0, 0.1) is 0 Å². The number of amides is 2. The van der Waals surface area contributed by atoms with E-state index in [-0.39, 0.29) is 12.1 Å². The Morgan fingerprint density at radius 2 is 2.26 bits per heavy atom. The number of likely N-dealkylation sites (tertiary alicyclic amines) is 1. The number of carbonyl (C=O) groups is 1. The molecule has 2 amide bonds. The second kappa shape index (κ2) is 6.82. The van der Waals surface area contributed by atoms with E-state index in [0.29, 0.717) is 11.7 Å². The molecule has 1 fully saturated rings. The van der Waals surface area contributed by atoms with Crippen LogP contribution in [0.3, 0.4) is 0 Å². The number of hydrogen-bond donors (Lipinski definition) is 1. The van der Waals surface area contributed by atoms with Crippen molar-refractivity contribution in [2.24, 2.45) is 0 Å². The Kier molecular flexibility index (Phi) is 4.61. The number of hydrogen-bond acceptors (Lipinski definition) is 6. The fourth-order valence-corrected chi connectivity index (χ4v) is 3.26. The molecule has 0 radical (unpaired) electrons. The first-order chi connectivity index (χ1) is 11.2. The smallest absolute Gasteiger partial charge is 0.324 e. The molecule has 0 aliphatic carbocycles. The van der Waals surface area contributed by atoms with Crippen molar-refractivity contribution in [3.8, 4) is 11.5 Å². The van der Waals surface area contributed by atoms with Crippen LogP contribution in [0.4, 0.5) is 9.93 Å². The van der Waals surface area contributed by atoms with Crippen molar-refractivity contribution >= 4 is 22.5 Å². The van der Waals surface area contributed by atoms with Gasteiger partial charge in [0.05, 0.1) is 20.3 Å². The molecular weight excluding hydrogens is 316 g/mol. The van der Waals surface area contributed by atoms with Crippen LogP contribution >= 0.6 is 11.3 Å². The predicted molar refractivity (Wildman–Crippen MR) is 87.2 cm³/mol. The molecule has 1 N–H and O–H groups in total. The Balaban J connectivity index is 1.85. The topological polar surface area (TPSA) is 76.6 Å². The molecule has 1 atom stereocenters. The number of benzene rings is 1. The van der Waals surface area contributed by atoms with Crippen molar-refractivity contribution in [2.45, 2.75) is 18.9 Å². The molecule has 3 rings (SSSR count). The Hall–Kier alpha value is -2.35. The first-order valence-corrected chi connectivity index (χ1v) is 8.16. The zero-order valence-electron chi connectivity index (χ0n) is 13.0. The summed E-state index contributed by atoms with van der Waals surface area (Å²) in [6.07, 6.45) is 1.82. The minimum atomic E-state index is -0.172. The molecule has 2 aromatic rings. The fraction of sp³-hybridized carbons (Fsp3) is 0.400. The number of urea groups is 1. The lowest BCUT2D eigenvalue weighted by atomic mass is 10.0. The third kappa shape index (κ3) is 3.21. The van der Waals surface area contributed by atoms with Gasteiger partial charge in [-0.25, -0.2) is 4.79 Å². The van der Waals surface area contributed by atoms with Crippen LogP contribution < -0.4 is 14.8 Å². The van der Waals surface area contributed by atoms with E-state index in [4.69, 9.17) is 9.47 Å². The lowest BCUT2D eigenvalue weighted by Crippen LogP contribution is -2.34. The van der Waals surface area contributed by atoms with Gasteiger partial charge in [0.1, 0.15) is 17.0 Å². The zero-order valence-corrected chi connectivity index (χ0v) is 13.8. The highest BCUT2D eigenvalue weighted by atomic mass is 32.1. The van der Waals surface area contributed by atoms with Gasteiger partial charge in [0.2, 0.25) is 5.13 Å². The third-order valence-corrected chi connectivity index (χ3v) is 4.49. The molecule has 0 bridgehead atoms. The summed E-state index contributed by atoms with van der Waals surface area (Å²) in [6, 6.07) is 5.43. The van der Waals surface area contributed by atoms with Gasteiger partial charge in [0.25, 0.3) is 0 Å². The van der Waals surface area contributed by atoms with E-state index in [9.17, 15) is 4.79 Å². The van der Waals surface area contributed by atoms with Crippen molar-refractivity contribution in [1.29, 1.82) is 0 Å². The summed E-state index contributed by atoms with van der Waals surface area (Å²) >= 11 is 1.30. The van der Waals surface area contributed by atoms with Gasteiger partial charge in [-0.3, -0.25) is 5.32 Å². The molecular formula is C15H18N4O3S. The number of anilines is 1. The maximum Gasteiger partial charge on any atom is 0.324 e. The first kappa shape index (κ1) is 15.5. The SMILES string of the molecule is COc1ccc(OC)c(C2CCCN2C(=O)Nc2nncs2)c1. The molecule has 1 saturated heterocycles. The largest absolute Gasteiger partial charge is 0.497 e. The number of methoxy groups -OCH3 is 2. The van der Waals surface area contributed by atoms with Crippen LogP contribution in [0.5, 0.6) is 11.5 Å². The summed E-state index contributed by atoms with van der Waals surface area (Å²) in [7, 11) is 3.26. The van der Waals surface area contributed by atoms with Crippen molar-refractivity contribution in [2.75, 3.05) is 26.1 Å². The average Bonchev–Trinajstić information content (AvgIpc) is 3.25. The van der Waals surface area contributed by atoms with Crippen LogP contribution in [0.2, 0.25) is 0 Å². The van der Waals surface area contributed by atoms with E-state index < -0.39 is 0 Å². The molecule has 1 aliphatic rings. The Bertz CT molecular complexity index is 677. The number of rotatable bonds is 4. The number of aromatic nitrogens is 2. The maximum atomic E-state index is 12.5. The van der Waals surface area contributed by atoms with E-state index in [1.165, 1.54) is 11.3 Å². The van der Waals surface area contributed by atoms with Gasteiger partial charge in [-0.15, -0.1) is 10.2 Å². The van der Waals surface area contributed by atoms with E-state index in [1.807, 2.05) is 18.2 Å². The van der Waals surface area contributed by atoms with Crippen molar-refractivity contribution in [3.05, 3.63) is 29.3 Å². The zero-order chi connectivity index (χ0) is 16.2. The molecule has 2 heterocycles. The van der Waals surface area contributed by atoms with Crippen molar-refractivity contribution in [3.63, 3.8) is 0 Å². The van der Waals surface area contributed by atoms with Gasteiger partial charge in [-0.2, -0.15) is 0 Å². The Morgan fingerprint density at radius 1 is 1.39 bits per heavy atom. The normalized spacial score (nSPS) is 17.1. The number of nitrogens with one attached hydrogen (secondary N) is 1. The summed E-state index contributed by atoms with van der Waals surface area (Å²) < 4.78 is 10.8. The monoisotopic (exact) mass is 334 g/mol. The Labute approximate surface area is 138 Å². The van der Waals surface area contributed by atoms with Gasteiger partial charge in [0, 0.05) is 12.1 Å². The van der Waals surface area contributed by atoms with Gasteiger partial charge in [0.15, 0.2) is 0 Å². The van der Waals surface area contributed by atoms with Crippen LogP contribution in [0.25, 0.3) is 0 Å². The molecule has 1 unspecified atom stereocenters. The van der Waals surface area contributed by atoms with Gasteiger partial charge < -0.3 is 14.4 Å². The van der Waals surface area contributed by atoms with Crippen molar-refractivity contribution < 1.29 is 14.3 Å². The predicted octanol–water partition coefficient (Wildman–Crippen LogP) is 2.92. The summed E-state index contributed by atoms with van der Waals surface area (Å²) in [4.78, 5) is 14.3. The lowest BCUT2D eigenvalue weighted by Gasteiger charge is -2.26. The second-order valence-electron chi connectivity index (χ2n) is 5.13. The second-order valence-corrected chi connectivity index (χ2v) is 5.97. The van der Waals surface area contributed by atoms with E-state index in [2.05, 4.69) is 15.5 Å². The lowest BCUT2D eigenvalue weighted by molar-refractivity contribution is 0.206. The van der Waals surface area contributed by atoms with E-state index in [0.717, 1.165) is 29.9 Å².